The van der Waals surface area contributed by atoms with Crippen LogP contribution in [0.1, 0.15) is 5.56 Å². The average molecular weight is 290 g/mol. The normalized spacial score (nSPS) is 34.2. The van der Waals surface area contributed by atoms with E-state index in [4.69, 9.17) is 16.3 Å². The molecule has 0 unspecified atom stereocenters. The Morgan fingerprint density at radius 1 is 1.10 bits per heavy atom. The Kier molecular flexibility index (Phi) is 2.38. The van der Waals surface area contributed by atoms with Crippen LogP contribution in [0, 0.1) is 18.8 Å². The van der Waals surface area contributed by atoms with E-state index in [1.54, 1.807) is 12.1 Å². The Balaban J connectivity index is 1.80. The number of hydrogen-bond acceptors (Lipinski definition) is 3. The van der Waals surface area contributed by atoms with Crippen molar-refractivity contribution >= 4 is 29.1 Å². The van der Waals surface area contributed by atoms with Crippen LogP contribution in [0.25, 0.3) is 0 Å². The molecular weight excluding hydrogens is 278 g/mol. The molecule has 0 radical (unpaired) electrons. The van der Waals surface area contributed by atoms with E-state index in [0.29, 0.717) is 10.7 Å². The molecule has 2 amide bonds. The number of carbonyl (C=O) groups is 2. The first-order chi connectivity index (χ1) is 9.58. The minimum atomic E-state index is -0.379. The maximum atomic E-state index is 12.6. The summed E-state index contributed by atoms with van der Waals surface area (Å²) in [6.07, 6.45) is 3.24. The number of benzene rings is 1. The summed E-state index contributed by atoms with van der Waals surface area (Å²) in [6.45, 7) is 1.86. The molecule has 3 aliphatic rings. The molecule has 2 saturated heterocycles. The summed E-state index contributed by atoms with van der Waals surface area (Å²) < 4.78 is 5.61. The van der Waals surface area contributed by atoms with Gasteiger partial charge in [-0.15, -0.1) is 0 Å². The van der Waals surface area contributed by atoms with E-state index < -0.39 is 0 Å². The summed E-state index contributed by atoms with van der Waals surface area (Å²) in [5.41, 5.74) is 1.44. The molecule has 2 bridgehead atoms. The van der Waals surface area contributed by atoms with Crippen molar-refractivity contribution in [2.45, 2.75) is 19.1 Å². The lowest BCUT2D eigenvalue weighted by molar-refractivity contribution is -0.124. The lowest BCUT2D eigenvalue weighted by Gasteiger charge is -2.19. The van der Waals surface area contributed by atoms with Gasteiger partial charge in [0, 0.05) is 5.02 Å². The number of aryl methyl sites for hydroxylation is 1. The maximum absolute atomic E-state index is 12.6. The molecule has 4 rings (SSSR count). The van der Waals surface area contributed by atoms with E-state index in [-0.39, 0.29) is 35.9 Å². The molecule has 0 aliphatic carbocycles. The van der Waals surface area contributed by atoms with Gasteiger partial charge in [-0.3, -0.25) is 9.59 Å². The van der Waals surface area contributed by atoms with E-state index in [1.165, 1.54) is 4.90 Å². The second-order valence-electron chi connectivity index (χ2n) is 5.44. The summed E-state index contributed by atoms with van der Waals surface area (Å²) in [6, 6.07) is 5.24. The lowest BCUT2D eigenvalue weighted by Crippen LogP contribution is -2.34. The van der Waals surface area contributed by atoms with Gasteiger partial charge in [0.1, 0.15) is 0 Å². The lowest BCUT2D eigenvalue weighted by atomic mass is 9.85. The molecule has 1 aromatic rings. The molecule has 0 aromatic heterocycles. The number of anilines is 1. The van der Waals surface area contributed by atoms with E-state index >= 15 is 0 Å². The monoisotopic (exact) mass is 289 g/mol. The predicted octanol–water partition coefficient (Wildman–Crippen LogP) is 2.09. The number of rotatable bonds is 1. The van der Waals surface area contributed by atoms with E-state index in [1.807, 2.05) is 25.1 Å². The van der Waals surface area contributed by atoms with Crippen LogP contribution >= 0.6 is 11.6 Å². The molecule has 3 heterocycles. The fraction of sp³-hybridized carbons (Fsp3) is 0.333. The van der Waals surface area contributed by atoms with E-state index in [9.17, 15) is 9.59 Å². The number of imide groups is 1. The minimum absolute atomic E-state index is 0.179. The Bertz CT molecular complexity index is 639. The summed E-state index contributed by atoms with van der Waals surface area (Å²) in [5, 5.41) is 0.514. The Morgan fingerprint density at radius 3 is 2.30 bits per heavy atom. The number of nitrogens with zero attached hydrogens (tertiary/aromatic N) is 1. The van der Waals surface area contributed by atoms with Crippen LogP contribution in [-0.2, 0) is 14.3 Å². The van der Waals surface area contributed by atoms with Crippen molar-refractivity contribution in [3.63, 3.8) is 0 Å². The van der Waals surface area contributed by atoms with E-state index in [2.05, 4.69) is 0 Å². The fourth-order valence-corrected chi connectivity index (χ4v) is 3.53. The highest BCUT2D eigenvalue weighted by Crippen LogP contribution is 2.46. The van der Waals surface area contributed by atoms with Crippen molar-refractivity contribution in [2.24, 2.45) is 11.8 Å². The molecule has 1 aromatic carbocycles. The van der Waals surface area contributed by atoms with E-state index in [0.717, 1.165) is 5.56 Å². The molecule has 0 N–H and O–H groups in total. The van der Waals surface area contributed by atoms with Gasteiger partial charge < -0.3 is 4.74 Å². The summed E-state index contributed by atoms with van der Waals surface area (Å²) >= 11 is 5.99. The molecule has 2 fully saturated rings. The standard InChI is InChI=1S/C15H12ClNO3/c1-7-2-3-8(16)6-9(7)17-14(18)12-10-4-5-11(20-10)13(12)15(17)19/h2-6,10-13H,1H3/t10-,11-,12-,13-/m0/s1. The molecule has 0 spiro atoms. The van der Waals surface area contributed by atoms with Gasteiger partial charge in [-0.2, -0.15) is 0 Å². The van der Waals surface area contributed by atoms with Gasteiger partial charge in [-0.1, -0.05) is 29.8 Å². The zero-order chi connectivity index (χ0) is 14.0. The topological polar surface area (TPSA) is 46.6 Å². The summed E-state index contributed by atoms with van der Waals surface area (Å²) in [7, 11) is 0. The van der Waals surface area contributed by atoms with Crippen LogP contribution in [0.3, 0.4) is 0 Å². The van der Waals surface area contributed by atoms with Gasteiger partial charge in [0.25, 0.3) is 0 Å². The highest BCUT2D eigenvalue weighted by atomic mass is 35.5. The third kappa shape index (κ3) is 1.41. The van der Waals surface area contributed by atoms with Gasteiger partial charge in [-0.05, 0) is 24.6 Å². The third-order valence-corrected chi connectivity index (χ3v) is 4.56. The van der Waals surface area contributed by atoms with Crippen molar-refractivity contribution in [2.75, 3.05) is 4.90 Å². The molecule has 3 aliphatic heterocycles. The second-order valence-corrected chi connectivity index (χ2v) is 5.88. The fourth-order valence-electron chi connectivity index (χ4n) is 3.36. The molecule has 5 heteroatoms. The van der Waals surface area contributed by atoms with Crippen molar-refractivity contribution in [3.8, 4) is 0 Å². The summed E-state index contributed by atoms with van der Waals surface area (Å²) in [5.74, 6) is -1.11. The van der Waals surface area contributed by atoms with Crippen molar-refractivity contribution in [3.05, 3.63) is 40.9 Å². The Hall–Kier alpha value is -1.65. The Morgan fingerprint density at radius 2 is 1.70 bits per heavy atom. The zero-order valence-corrected chi connectivity index (χ0v) is 11.5. The molecule has 20 heavy (non-hydrogen) atoms. The van der Waals surface area contributed by atoms with Crippen LogP contribution in [0.5, 0.6) is 0 Å². The number of fused-ring (bicyclic) bond motifs is 5. The van der Waals surface area contributed by atoms with Crippen molar-refractivity contribution in [1.82, 2.24) is 0 Å². The van der Waals surface area contributed by atoms with Gasteiger partial charge >= 0.3 is 0 Å². The van der Waals surface area contributed by atoms with Gasteiger partial charge in [0.15, 0.2) is 0 Å². The number of carbonyl (C=O) groups excluding carboxylic acids is 2. The number of hydrogen-bond donors (Lipinski definition) is 0. The smallest absolute Gasteiger partial charge is 0.240 e. The SMILES string of the molecule is Cc1ccc(Cl)cc1N1C(=O)[C@@H]2[C@@H](C1=O)[C@@H]1C=C[C@@H]2O1. The number of amides is 2. The molecule has 102 valence electrons. The third-order valence-electron chi connectivity index (χ3n) is 4.32. The largest absolute Gasteiger partial charge is 0.365 e. The molecular formula is C15H12ClNO3. The maximum Gasteiger partial charge on any atom is 0.240 e. The van der Waals surface area contributed by atoms with Crippen LogP contribution in [-0.4, -0.2) is 24.0 Å². The quantitative estimate of drug-likeness (QED) is 0.587. The van der Waals surface area contributed by atoms with Crippen LogP contribution < -0.4 is 4.90 Å². The molecule has 4 nitrogen and oxygen atoms in total. The first kappa shape index (κ1) is 12.1. The average Bonchev–Trinajstić information content (AvgIpc) is 3.08. The van der Waals surface area contributed by atoms with Crippen LogP contribution in [0.2, 0.25) is 5.02 Å². The second kappa shape index (κ2) is 3.93. The van der Waals surface area contributed by atoms with Crippen LogP contribution in [0.15, 0.2) is 30.4 Å². The first-order valence-corrected chi connectivity index (χ1v) is 6.93. The highest BCUT2D eigenvalue weighted by Gasteiger charge is 2.61. The minimum Gasteiger partial charge on any atom is -0.365 e. The first-order valence-electron chi connectivity index (χ1n) is 6.55. The number of ether oxygens (including phenoxy) is 1. The molecule has 4 atom stereocenters. The Labute approximate surface area is 121 Å². The summed E-state index contributed by atoms with van der Waals surface area (Å²) in [4.78, 5) is 26.5. The number of halogens is 1. The van der Waals surface area contributed by atoms with Gasteiger partial charge in [0.05, 0.1) is 29.7 Å². The zero-order valence-electron chi connectivity index (χ0n) is 10.7. The van der Waals surface area contributed by atoms with Crippen LogP contribution in [0.4, 0.5) is 5.69 Å². The van der Waals surface area contributed by atoms with Gasteiger partial charge in [0.2, 0.25) is 11.8 Å². The highest BCUT2D eigenvalue weighted by molar-refractivity contribution is 6.31. The van der Waals surface area contributed by atoms with Gasteiger partial charge in [-0.25, -0.2) is 4.90 Å². The van der Waals surface area contributed by atoms with Crippen molar-refractivity contribution < 1.29 is 14.3 Å². The predicted molar refractivity (Wildman–Crippen MR) is 73.5 cm³/mol. The van der Waals surface area contributed by atoms with Crippen molar-refractivity contribution in [1.29, 1.82) is 0 Å². The molecule has 0 saturated carbocycles.